The van der Waals surface area contributed by atoms with Crippen molar-refractivity contribution in [1.29, 1.82) is 0 Å². The van der Waals surface area contributed by atoms with Gasteiger partial charge in [0.15, 0.2) is 17.3 Å². The van der Waals surface area contributed by atoms with Gasteiger partial charge in [0.1, 0.15) is 5.82 Å². The lowest BCUT2D eigenvalue weighted by Gasteiger charge is -2.21. The summed E-state index contributed by atoms with van der Waals surface area (Å²) in [4.78, 5) is 4.72. The van der Waals surface area contributed by atoms with Crippen LogP contribution in [0.5, 0.6) is 11.5 Å². The quantitative estimate of drug-likeness (QED) is 0.814. The first kappa shape index (κ1) is 16.8. The van der Waals surface area contributed by atoms with E-state index in [0.29, 0.717) is 13.4 Å². The zero-order valence-corrected chi connectivity index (χ0v) is 14.8. The first-order chi connectivity index (χ1) is 11.5. The lowest BCUT2D eigenvalue weighted by atomic mass is 10.1. The van der Waals surface area contributed by atoms with Crippen molar-refractivity contribution in [2.45, 2.75) is 45.6 Å². The van der Waals surface area contributed by atoms with Gasteiger partial charge in [0, 0.05) is 20.0 Å². The van der Waals surface area contributed by atoms with Crippen LogP contribution in [0.1, 0.15) is 38.0 Å². The normalized spacial score (nSPS) is 13.5. The van der Waals surface area contributed by atoms with Crippen LogP contribution in [0.3, 0.4) is 0 Å². The van der Waals surface area contributed by atoms with Crippen molar-refractivity contribution < 1.29 is 14.2 Å². The molecule has 0 saturated carbocycles. The molecule has 1 aliphatic rings. The third kappa shape index (κ3) is 3.70. The number of methoxy groups -OCH3 is 1. The Morgan fingerprint density at radius 1 is 1.12 bits per heavy atom. The lowest BCUT2D eigenvalue weighted by molar-refractivity contribution is 0.174. The van der Waals surface area contributed by atoms with Gasteiger partial charge in [-0.25, -0.2) is 9.67 Å². The molecule has 0 fully saturated rings. The highest BCUT2D eigenvalue weighted by Crippen LogP contribution is 2.32. The van der Waals surface area contributed by atoms with E-state index in [2.05, 4.69) is 31.9 Å². The Kier molecular flexibility index (Phi) is 4.76. The number of rotatable bonds is 6. The Morgan fingerprint density at radius 3 is 2.67 bits per heavy atom. The topological polar surface area (TPSA) is 58.4 Å². The minimum absolute atomic E-state index is 0.0947. The number of hydrogen-bond acceptors (Lipinski definition) is 5. The van der Waals surface area contributed by atoms with E-state index >= 15 is 0 Å². The second kappa shape index (κ2) is 6.81. The van der Waals surface area contributed by atoms with E-state index in [-0.39, 0.29) is 5.54 Å². The van der Waals surface area contributed by atoms with Gasteiger partial charge in [0.05, 0.1) is 12.1 Å². The van der Waals surface area contributed by atoms with Crippen LogP contribution in [0.25, 0.3) is 0 Å². The van der Waals surface area contributed by atoms with Crippen LogP contribution in [0.15, 0.2) is 18.2 Å². The summed E-state index contributed by atoms with van der Waals surface area (Å²) in [6.45, 7) is 7.37. The fraction of sp³-hybridized carbons (Fsp3) is 0.556. The van der Waals surface area contributed by atoms with E-state index < -0.39 is 0 Å². The molecule has 0 aliphatic carbocycles. The van der Waals surface area contributed by atoms with Crippen molar-refractivity contribution in [3.05, 3.63) is 35.4 Å². The van der Waals surface area contributed by atoms with Gasteiger partial charge in [0.25, 0.3) is 0 Å². The zero-order valence-electron chi connectivity index (χ0n) is 14.8. The molecule has 0 unspecified atom stereocenters. The Bertz CT molecular complexity index is 704. The third-order valence-electron chi connectivity index (χ3n) is 3.96. The number of aromatic nitrogens is 3. The molecule has 1 aromatic carbocycles. The maximum absolute atomic E-state index is 5.45. The van der Waals surface area contributed by atoms with Gasteiger partial charge < -0.3 is 14.2 Å². The molecule has 0 amide bonds. The van der Waals surface area contributed by atoms with E-state index in [4.69, 9.17) is 19.2 Å². The lowest BCUT2D eigenvalue weighted by Crippen LogP contribution is -2.26. The Morgan fingerprint density at radius 2 is 1.92 bits per heavy atom. The number of benzene rings is 1. The van der Waals surface area contributed by atoms with Crippen molar-refractivity contribution >= 4 is 0 Å². The number of nitrogens with zero attached hydrogens (tertiary/aromatic N) is 3. The summed E-state index contributed by atoms with van der Waals surface area (Å²) >= 11 is 0. The molecule has 0 bridgehead atoms. The Balaban J connectivity index is 1.74. The van der Waals surface area contributed by atoms with Crippen molar-refractivity contribution in [2.75, 3.05) is 20.5 Å². The van der Waals surface area contributed by atoms with Crippen LogP contribution >= 0.6 is 0 Å². The highest BCUT2D eigenvalue weighted by molar-refractivity contribution is 5.44. The first-order valence-corrected chi connectivity index (χ1v) is 8.30. The van der Waals surface area contributed by atoms with Crippen molar-refractivity contribution in [3.8, 4) is 11.5 Å². The van der Waals surface area contributed by atoms with E-state index in [1.165, 1.54) is 5.56 Å². The molecule has 130 valence electrons. The molecule has 2 heterocycles. The summed E-state index contributed by atoms with van der Waals surface area (Å²) in [6.07, 6.45) is 2.45. The highest BCUT2D eigenvalue weighted by atomic mass is 16.7. The molecule has 1 aromatic heterocycles. The molecule has 3 rings (SSSR count). The summed E-state index contributed by atoms with van der Waals surface area (Å²) in [7, 11) is 1.70. The number of aryl methyl sites for hydroxylation is 2. The fourth-order valence-electron chi connectivity index (χ4n) is 2.74. The zero-order chi connectivity index (χ0) is 17.2. The maximum atomic E-state index is 5.45. The van der Waals surface area contributed by atoms with Crippen LogP contribution in [0.2, 0.25) is 0 Å². The summed E-state index contributed by atoms with van der Waals surface area (Å²) in [5.74, 6) is 3.49. The fourth-order valence-corrected chi connectivity index (χ4v) is 2.74. The molecule has 0 spiro atoms. The van der Waals surface area contributed by atoms with Gasteiger partial charge >= 0.3 is 0 Å². The van der Waals surface area contributed by atoms with Gasteiger partial charge in [0.2, 0.25) is 6.79 Å². The SMILES string of the molecule is COCCc1nc(CCc2ccc3c(c2)OCO3)n(C(C)(C)C)n1. The van der Waals surface area contributed by atoms with Crippen LogP contribution in [0.4, 0.5) is 0 Å². The Labute approximate surface area is 142 Å². The van der Waals surface area contributed by atoms with Crippen molar-refractivity contribution in [1.82, 2.24) is 14.8 Å². The molecule has 0 radical (unpaired) electrons. The van der Waals surface area contributed by atoms with Crippen LogP contribution in [0, 0.1) is 0 Å². The molecule has 0 saturated heterocycles. The van der Waals surface area contributed by atoms with Gasteiger partial charge in [-0.1, -0.05) is 6.07 Å². The number of ether oxygens (including phenoxy) is 3. The molecule has 6 nitrogen and oxygen atoms in total. The summed E-state index contributed by atoms with van der Waals surface area (Å²) in [5, 5.41) is 4.67. The molecule has 6 heteroatoms. The van der Waals surface area contributed by atoms with Gasteiger partial charge in [-0.2, -0.15) is 5.10 Å². The van der Waals surface area contributed by atoms with Gasteiger partial charge in [-0.15, -0.1) is 0 Å². The number of hydrogen-bond donors (Lipinski definition) is 0. The molecule has 0 atom stereocenters. The van der Waals surface area contributed by atoms with Crippen LogP contribution in [-0.2, 0) is 29.5 Å². The molecule has 0 N–H and O–H groups in total. The first-order valence-electron chi connectivity index (χ1n) is 8.30. The third-order valence-corrected chi connectivity index (χ3v) is 3.96. The molecular weight excluding hydrogens is 306 g/mol. The highest BCUT2D eigenvalue weighted by Gasteiger charge is 2.21. The summed E-state index contributed by atoms with van der Waals surface area (Å²) in [5.41, 5.74) is 1.11. The predicted octanol–water partition coefficient (Wildman–Crippen LogP) is 2.74. The smallest absolute Gasteiger partial charge is 0.231 e. The van der Waals surface area contributed by atoms with Crippen LogP contribution < -0.4 is 9.47 Å². The van der Waals surface area contributed by atoms with E-state index in [9.17, 15) is 0 Å². The maximum Gasteiger partial charge on any atom is 0.231 e. The predicted molar refractivity (Wildman–Crippen MR) is 90.6 cm³/mol. The molecular formula is C18H25N3O3. The molecule has 24 heavy (non-hydrogen) atoms. The van der Waals surface area contributed by atoms with Crippen LogP contribution in [-0.4, -0.2) is 35.3 Å². The monoisotopic (exact) mass is 331 g/mol. The molecule has 1 aliphatic heterocycles. The molecule has 2 aromatic rings. The van der Waals surface area contributed by atoms with E-state index in [1.54, 1.807) is 7.11 Å². The largest absolute Gasteiger partial charge is 0.454 e. The van der Waals surface area contributed by atoms with E-state index in [1.807, 2.05) is 16.8 Å². The van der Waals surface area contributed by atoms with Crippen molar-refractivity contribution in [3.63, 3.8) is 0 Å². The van der Waals surface area contributed by atoms with Gasteiger partial charge in [-0.05, 0) is 44.9 Å². The van der Waals surface area contributed by atoms with E-state index in [0.717, 1.165) is 42.4 Å². The minimum Gasteiger partial charge on any atom is -0.454 e. The average Bonchev–Trinajstić information content (AvgIpc) is 3.16. The summed E-state index contributed by atoms with van der Waals surface area (Å²) < 4.78 is 18.0. The second-order valence-electron chi connectivity index (χ2n) is 6.96. The van der Waals surface area contributed by atoms with Crippen molar-refractivity contribution in [2.24, 2.45) is 0 Å². The summed E-state index contributed by atoms with van der Waals surface area (Å²) in [6, 6.07) is 6.10. The standard InChI is InChI=1S/C18H25N3O3/c1-18(2,3)21-17(19-16(20-21)9-10-22-4)8-6-13-5-7-14-15(11-13)24-12-23-14/h5,7,11H,6,8-10,12H2,1-4H3. The Hall–Kier alpha value is -2.08. The average molecular weight is 331 g/mol. The second-order valence-corrected chi connectivity index (χ2v) is 6.96. The number of fused-ring (bicyclic) bond motifs is 1. The van der Waals surface area contributed by atoms with Gasteiger partial charge in [-0.3, -0.25) is 0 Å². The minimum atomic E-state index is -0.0947.